The highest BCUT2D eigenvalue weighted by Gasteiger charge is 2.42. The van der Waals surface area contributed by atoms with E-state index in [1.165, 1.54) is 5.56 Å². The third kappa shape index (κ3) is 4.10. The molecule has 3 rings (SSSR count). The molecule has 1 atom stereocenters. The van der Waals surface area contributed by atoms with E-state index in [4.69, 9.17) is 4.74 Å². The van der Waals surface area contributed by atoms with Crippen LogP contribution in [0.3, 0.4) is 0 Å². The number of carbonyl (C=O) groups excluding carboxylic acids is 1. The van der Waals surface area contributed by atoms with Gasteiger partial charge in [0.05, 0.1) is 7.11 Å². The lowest BCUT2D eigenvalue weighted by molar-refractivity contribution is -0.130. The van der Waals surface area contributed by atoms with Gasteiger partial charge in [-0.3, -0.25) is 14.6 Å². The Morgan fingerprint density at radius 3 is 2.88 bits per heavy atom. The van der Waals surface area contributed by atoms with Gasteiger partial charge in [0.1, 0.15) is 5.75 Å². The zero-order valence-corrected chi connectivity index (χ0v) is 16.1. The Morgan fingerprint density at radius 2 is 2.12 bits per heavy atom. The van der Waals surface area contributed by atoms with Gasteiger partial charge in [0.25, 0.3) is 0 Å². The van der Waals surface area contributed by atoms with E-state index in [9.17, 15) is 4.79 Å². The number of likely N-dealkylation sites (N-methyl/N-ethyl adjacent to an activating group) is 1. The number of carbonyl (C=O) groups is 1. The van der Waals surface area contributed by atoms with Crippen LogP contribution in [0.5, 0.6) is 5.75 Å². The summed E-state index contributed by atoms with van der Waals surface area (Å²) in [7, 11) is 3.93. The van der Waals surface area contributed by atoms with Crippen LogP contribution in [0.15, 0.2) is 36.9 Å². The number of benzene rings is 1. The first-order chi connectivity index (χ1) is 12.6. The lowest BCUT2D eigenvalue weighted by atomic mass is 9.86. The quantitative estimate of drug-likeness (QED) is 0.758. The minimum absolute atomic E-state index is 0.0860. The second kappa shape index (κ2) is 8.23. The Morgan fingerprint density at radius 1 is 1.27 bits per heavy atom. The summed E-state index contributed by atoms with van der Waals surface area (Å²) in [5, 5.41) is 0. The molecule has 2 aliphatic heterocycles. The first kappa shape index (κ1) is 18.9. The Hall–Kier alpha value is -1.85. The van der Waals surface area contributed by atoms with Crippen molar-refractivity contribution >= 4 is 5.91 Å². The fraction of sp³-hybridized carbons (Fsp3) is 0.571. The Labute approximate surface area is 157 Å². The average molecular weight is 357 g/mol. The van der Waals surface area contributed by atoms with Gasteiger partial charge in [0.15, 0.2) is 0 Å². The highest BCUT2D eigenvalue weighted by molar-refractivity contribution is 5.76. The van der Waals surface area contributed by atoms with Gasteiger partial charge in [-0.15, -0.1) is 6.58 Å². The Kier molecular flexibility index (Phi) is 5.99. The zero-order valence-electron chi connectivity index (χ0n) is 16.1. The molecule has 0 bridgehead atoms. The maximum absolute atomic E-state index is 12.4. The first-order valence-electron chi connectivity index (χ1n) is 9.51. The molecule has 0 saturated carbocycles. The summed E-state index contributed by atoms with van der Waals surface area (Å²) >= 11 is 0. The van der Waals surface area contributed by atoms with Crippen LogP contribution >= 0.6 is 0 Å². The van der Waals surface area contributed by atoms with Crippen LogP contribution in [0.2, 0.25) is 0 Å². The molecule has 1 aromatic rings. The number of hydrogen-bond acceptors (Lipinski definition) is 4. The van der Waals surface area contributed by atoms with Crippen molar-refractivity contribution in [1.29, 1.82) is 0 Å². The second-order valence-electron chi connectivity index (χ2n) is 7.59. The van der Waals surface area contributed by atoms with Crippen molar-refractivity contribution in [2.75, 3.05) is 46.9 Å². The predicted octanol–water partition coefficient (Wildman–Crippen LogP) is 2.38. The molecule has 5 nitrogen and oxygen atoms in total. The fourth-order valence-electron chi connectivity index (χ4n) is 4.29. The third-order valence-electron chi connectivity index (χ3n) is 5.97. The van der Waals surface area contributed by atoms with Crippen molar-refractivity contribution in [3.05, 3.63) is 42.5 Å². The molecule has 2 aliphatic rings. The molecule has 2 heterocycles. The van der Waals surface area contributed by atoms with E-state index in [-0.39, 0.29) is 11.4 Å². The Bertz CT molecular complexity index is 648. The van der Waals surface area contributed by atoms with E-state index in [2.05, 4.69) is 41.6 Å². The number of piperazine rings is 1. The lowest BCUT2D eigenvalue weighted by Gasteiger charge is -2.49. The van der Waals surface area contributed by atoms with Crippen molar-refractivity contribution in [1.82, 2.24) is 14.7 Å². The smallest absolute Gasteiger partial charge is 0.222 e. The molecular formula is C21H31N3O2. The van der Waals surface area contributed by atoms with Gasteiger partial charge in [-0.1, -0.05) is 18.2 Å². The molecule has 2 saturated heterocycles. The van der Waals surface area contributed by atoms with Gasteiger partial charge < -0.3 is 9.64 Å². The van der Waals surface area contributed by atoms with Crippen molar-refractivity contribution in [2.24, 2.45) is 0 Å². The summed E-state index contributed by atoms with van der Waals surface area (Å²) in [5.74, 6) is 1.17. The summed E-state index contributed by atoms with van der Waals surface area (Å²) in [6.07, 6.45) is 4.42. The van der Waals surface area contributed by atoms with Crippen molar-refractivity contribution in [3.63, 3.8) is 0 Å². The molecule has 142 valence electrons. The minimum Gasteiger partial charge on any atom is -0.497 e. The van der Waals surface area contributed by atoms with Crippen molar-refractivity contribution < 1.29 is 9.53 Å². The largest absolute Gasteiger partial charge is 0.497 e. The van der Waals surface area contributed by atoms with Crippen LogP contribution in [0.25, 0.3) is 0 Å². The fourth-order valence-corrected chi connectivity index (χ4v) is 4.29. The summed E-state index contributed by atoms with van der Waals surface area (Å²) in [4.78, 5) is 19.4. The number of likely N-dealkylation sites (tertiary alicyclic amines) is 1. The van der Waals surface area contributed by atoms with Gasteiger partial charge >= 0.3 is 0 Å². The van der Waals surface area contributed by atoms with Crippen LogP contribution in [0.4, 0.5) is 0 Å². The van der Waals surface area contributed by atoms with Crippen molar-refractivity contribution in [3.8, 4) is 5.75 Å². The second-order valence-corrected chi connectivity index (χ2v) is 7.59. The van der Waals surface area contributed by atoms with E-state index in [0.717, 1.165) is 51.3 Å². The molecule has 0 radical (unpaired) electrons. The molecule has 5 heteroatoms. The molecule has 2 fully saturated rings. The molecule has 26 heavy (non-hydrogen) atoms. The monoisotopic (exact) mass is 357 g/mol. The van der Waals surface area contributed by atoms with E-state index < -0.39 is 0 Å². The summed E-state index contributed by atoms with van der Waals surface area (Å²) in [5.41, 5.74) is 1.37. The van der Waals surface area contributed by atoms with Gasteiger partial charge in [-0.2, -0.15) is 0 Å². The summed E-state index contributed by atoms with van der Waals surface area (Å²) in [6, 6.07) is 8.32. The van der Waals surface area contributed by atoms with Crippen molar-refractivity contribution in [2.45, 2.75) is 31.3 Å². The molecule has 1 spiro atoms. The third-order valence-corrected chi connectivity index (χ3v) is 5.97. The lowest BCUT2D eigenvalue weighted by Crippen LogP contribution is -2.60. The van der Waals surface area contributed by atoms with Gasteiger partial charge in [-0.05, 0) is 37.6 Å². The van der Waals surface area contributed by atoms with Crippen LogP contribution in [0.1, 0.15) is 24.8 Å². The van der Waals surface area contributed by atoms with Crippen LogP contribution in [-0.2, 0) is 11.3 Å². The van der Waals surface area contributed by atoms with Gasteiger partial charge in [0.2, 0.25) is 5.91 Å². The van der Waals surface area contributed by atoms with Crippen LogP contribution < -0.4 is 4.74 Å². The maximum Gasteiger partial charge on any atom is 0.222 e. The predicted molar refractivity (Wildman–Crippen MR) is 104 cm³/mol. The number of hydrogen-bond donors (Lipinski definition) is 0. The first-order valence-corrected chi connectivity index (χ1v) is 9.51. The molecule has 1 unspecified atom stereocenters. The minimum atomic E-state index is 0.0860. The topological polar surface area (TPSA) is 36.0 Å². The molecule has 0 aromatic heterocycles. The van der Waals surface area contributed by atoms with E-state index >= 15 is 0 Å². The number of amides is 1. The molecule has 0 aliphatic carbocycles. The number of rotatable bonds is 5. The van der Waals surface area contributed by atoms with E-state index in [1.807, 2.05) is 17.0 Å². The summed E-state index contributed by atoms with van der Waals surface area (Å²) < 4.78 is 5.36. The maximum atomic E-state index is 12.4. The normalized spacial score (nSPS) is 25.3. The summed E-state index contributed by atoms with van der Waals surface area (Å²) in [6.45, 7) is 9.30. The Balaban J connectivity index is 1.71. The van der Waals surface area contributed by atoms with Crippen LogP contribution in [-0.4, -0.2) is 73.0 Å². The highest BCUT2D eigenvalue weighted by Crippen LogP contribution is 2.32. The number of ether oxygens (including phenoxy) is 1. The van der Waals surface area contributed by atoms with E-state index in [1.54, 1.807) is 7.11 Å². The molecule has 0 N–H and O–H groups in total. The average Bonchev–Trinajstić information content (AvgIpc) is 2.80. The number of nitrogens with zero attached hydrogens (tertiary/aromatic N) is 3. The zero-order chi connectivity index (χ0) is 18.6. The number of methoxy groups -OCH3 is 1. The van der Waals surface area contributed by atoms with Crippen LogP contribution in [0, 0.1) is 0 Å². The van der Waals surface area contributed by atoms with Gasteiger partial charge in [0, 0.05) is 51.2 Å². The molecular weight excluding hydrogens is 326 g/mol. The SMILES string of the molecule is C=CCN1CCC2(CCC1=O)CN(Cc1cccc(OC)c1)CCN2C. The molecule has 1 amide bonds. The highest BCUT2D eigenvalue weighted by atomic mass is 16.5. The molecule has 1 aromatic carbocycles. The van der Waals surface area contributed by atoms with E-state index in [0.29, 0.717) is 13.0 Å². The standard InChI is InChI=1S/C21H31N3O2/c1-4-11-24-12-10-21(9-8-20(24)25)17-23(14-13-22(21)2)16-18-6-5-7-19(15-18)26-3/h4-7,15H,1,8-14,16-17H2,2-3H3. The van der Waals surface area contributed by atoms with Gasteiger partial charge in [-0.25, -0.2) is 0 Å².